The summed E-state index contributed by atoms with van der Waals surface area (Å²) in [5.41, 5.74) is 3.42. The van der Waals surface area contributed by atoms with Crippen LogP contribution in [0.2, 0.25) is 0 Å². The number of benzene rings is 2. The van der Waals surface area contributed by atoms with E-state index in [4.69, 9.17) is 4.74 Å². The lowest BCUT2D eigenvalue weighted by molar-refractivity contribution is -0.113. The molecule has 3 rings (SSSR count). The largest absolute Gasteiger partial charge is 0.488 e. The summed E-state index contributed by atoms with van der Waals surface area (Å²) in [5.74, 6) is 0.663. The van der Waals surface area contributed by atoms with Crippen LogP contribution in [0.5, 0.6) is 5.75 Å². The van der Waals surface area contributed by atoms with Crippen LogP contribution in [0.25, 0.3) is 6.08 Å². The monoisotopic (exact) mass is 343 g/mol. The molecule has 0 saturated carbocycles. The fraction of sp³-hybridized carbons (Fsp3) is 0.118. The van der Waals surface area contributed by atoms with E-state index < -0.39 is 0 Å². The van der Waals surface area contributed by atoms with Crippen LogP contribution >= 0.6 is 15.9 Å². The Morgan fingerprint density at radius 3 is 2.90 bits per heavy atom. The highest BCUT2D eigenvalue weighted by atomic mass is 79.9. The number of carbonyl (C=O) groups is 1. The van der Waals surface area contributed by atoms with E-state index in [1.165, 1.54) is 0 Å². The molecule has 3 nitrogen and oxygen atoms in total. The maximum absolute atomic E-state index is 12.3. The number of hydrogen-bond donors (Lipinski definition) is 1. The normalized spacial score (nSPS) is 13.0. The molecule has 4 heteroatoms. The summed E-state index contributed by atoms with van der Waals surface area (Å²) in [6, 6.07) is 13.5. The van der Waals surface area contributed by atoms with Gasteiger partial charge in [-0.25, -0.2) is 0 Å². The van der Waals surface area contributed by atoms with Crippen LogP contribution in [0.4, 0.5) is 5.69 Å². The van der Waals surface area contributed by atoms with Crippen LogP contribution in [0.3, 0.4) is 0 Å². The second-order valence-corrected chi connectivity index (χ2v) is 5.88. The van der Waals surface area contributed by atoms with Crippen LogP contribution in [-0.2, 0) is 4.79 Å². The average Bonchev–Trinajstić information content (AvgIpc) is 2.46. The Morgan fingerprint density at radius 2 is 2.10 bits per heavy atom. The molecule has 0 unspecified atom stereocenters. The molecule has 0 radical (unpaired) electrons. The van der Waals surface area contributed by atoms with Crippen molar-refractivity contribution < 1.29 is 9.53 Å². The van der Waals surface area contributed by atoms with Gasteiger partial charge < -0.3 is 10.1 Å². The van der Waals surface area contributed by atoms with Crippen LogP contribution in [0.15, 0.2) is 52.5 Å². The smallest absolute Gasteiger partial charge is 0.255 e. The van der Waals surface area contributed by atoms with Crippen molar-refractivity contribution in [3.63, 3.8) is 0 Å². The van der Waals surface area contributed by atoms with Gasteiger partial charge in [-0.1, -0.05) is 28.1 Å². The van der Waals surface area contributed by atoms with Gasteiger partial charge in [0.15, 0.2) is 0 Å². The van der Waals surface area contributed by atoms with E-state index in [0.717, 1.165) is 27.0 Å². The van der Waals surface area contributed by atoms with Gasteiger partial charge in [-0.2, -0.15) is 0 Å². The van der Waals surface area contributed by atoms with Crippen LogP contribution in [-0.4, -0.2) is 12.5 Å². The molecule has 1 amide bonds. The number of fused-ring (bicyclic) bond motifs is 1. The molecule has 0 spiro atoms. The molecule has 1 aliphatic heterocycles. The zero-order chi connectivity index (χ0) is 14.8. The molecule has 0 bridgehead atoms. The maximum atomic E-state index is 12.3. The van der Waals surface area contributed by atoms with Crippen molar-refractivity contribution in [2.45, 2.75) is 6.92 Å². The van der Waals surface area contributed by atoms with Crippen molar-refractivity contribution in [2.75, 3.05) is 11.9 Å². The first-order valence-electron chi connectivity index (χ1n) is 6.63. The Balaban J connectivity index is 1.82. The highest BCUT2D eigenvalue weighted by Crippen LogP contribution is 2.29. The fourth-order valence-corrected chi connectivity index (χ4v) is 2.59. The molecule has 106 valence electrons. The molecule has 1 N–H and O–H groups in total. The molecular formula is C17H14BrNO2. The molecule has 0 fully saturated rings. The number of carbonyl (C=O) groups excluding carboxylic acids is 1. The van der Waals surface area contributed by atoms with Crippen molar-refractivity contribution in [3.05, 3.63) is 63.6 Å². The first kappa shape index (κ1) is 13.9. The number of anilines is 1. The van der Waals surface area contributed by atoms with Crippen molar-refractivity contribution >= 4 is 33.6 Å². The van der Waals surface area contributed by atoms with Gasteiger partial charge in [0.2, 0.25) is 0 Å². The molecule has 2 aromatic carbocycles. The van der Waals surface area contributed by atoms with Crippen molar-refractivity contribution in [1.29, 1.82) is 0 Å². The topological polar surface area (TPSA) is 38.3 Å². The summed E-state index contributed by atoms with van der Waals surface area (Å²) in [6.07, 6.45) is 1.87. The van der Waals surface area contributed by atoms with Gasteiger partial charge in [-0.15, -0.1) is 0 Å². The van der Waals surface area contributed by atoms with Gasteiger partial charge in [0, 0.05) is 15.7 Å². The summed E-state index contributed by atoms with van der Waals surface area (Å²) >= 11 is 3.42. The van der Waals surface area contributed by atoms with E-state index in [0.29, 0.717) is 5.57 Å². The quantitative estimate of drug-likeness (QED) is 0.888. The number of rotatable bonds is 2. The van der Waals surface area contributed by atoms with E-state index in [-0.39, 0.29) is 12.5 Å². The number of aryl methyl sites for hydroxylation is 1. The number of ether oxygens (including phenoxy) is 1. The third-order valence-corrected chi connectivity index (χ3v) is 3.75. The van der Waals surface area contributed by atoms with Crippen LogP contribution in [0, 0.1) is 6.92 Å². The molecule has 0 aromatic heterocycles. The second kappa shape index (κ2) is 5.74. The van der Waals surface area contributed by atoms with Crippen LogP contribution in [0.1, 0.15) is 11.1 Å². The Hall–Kier alpha value is -2.07. The Kier molecular flexibility index (Phi) is 3.80. The Bertz CT molecular complexity index is 737. The number of amides is 1. The lowest BCUT2D eigenvalue weighted by Crippen LogP contribution is -2.21. The average molecular weight is 344 g/mol. The van der Waals surface area contributed by atoms with Crippen molar-refractivity contribution in [3.8, 4) is 5.75 Å². The summed E-state index contributed by atoms with van der Waals surface area (Å²) in [4.78, 5) is 12.3. The second-order valence-electron chi connectivity index (χ2n) is 4.96. The molecular weight excluding hydrogens is 330 g/mol. The first-order chi connectivity index (χ1) is 10.1. The zero-order valence-electron chi connectivity index (χ0n) is 11.5. The first-order valence-corrected chi connectivity index (χ1v) is 7.42. The summed E-state index contributed by atoms with van der Waals surface area (Å²) < 4.78 is 6.58. The van der Waals surface area contributed by atoms with E-state index in [1.54, 1.807) is 0 Å². The zero-order valence-corrected chi connectivity index (χ0v) is 13.1. The highest BCUT2D eigenvalue weighted by molar-refractivity contribution is 9.10. The summed E-state index contributed by atoms with van der Waals surface area (Å²) in [5, 5.41) is 2.90. The van der Waals surface area contributed by atoms with Gasteiger partial charge in [-0.3, -0.25) is 4.79 Å². The van der Waals surface area contributed by atoms with E-state index in [1.807, 2.05) is 55.5 Å². The molecule has 1 heterocycles. The van der Waals surface area contributed by atoms with Gasteiger partial charge in [0.1, 0.15) is 12.4 Å². The molecule has 0 aliphatic carbocycles. The maximum Gasteiger partial charge on any atom is 0.255 e. The standard InChI is InChI=1S/C17H14BrNO2/c1-11-3-2-4-15(7-11)19-17(20)13-8-12-9-14(18)5-6-16(12)21-10-13/h2-9H,10H2,1H3,(H,19,20). The lowest BCUT2D eigenvalue weighted by atomic mass is 10.1. The third kappa shape index (κ3) is 3.16. The molecule has 1 aliphatic rings. The van der Waals surface area contributed by atoms with Crippen molar-refractivity contribution in [1.82, 2.24) is 0 Å². The molecule has 0 atom stereocenters. The van der Waals surface area contributed by atoms with E-state index in [9.17, 15) is 4.79 Å². The minimum absolute atomic E-state index is 0.133. The summed E-state index contributed by atoms with van der Waals surface area (Å²) in [7, 11) is 0. The van der Waals surface area contributed by atoms with E-state index in [2.05, 4.69) is 21.2 Å². The van der Waals surface area contributed by atoms with Gasteiger partial charge in [-0.05, 0) is 48.9 Å². The minimum Gasteiger partial charge on any atom is -0.488 e. The fourth-order valence-electron chi connectivity index (χ4n) is 2.21. The third-order valence-electron chi connectivity index (χ3n) is 3.25. The molecule has 0 saturated heterocycles. The van der Waals surface area contributed by atoms with Crippen molar-refractivity contribution in [2.24, 2.45) is 0 Å². The highest BCUT2D eigenvalue weighted by Gasteiger charge is 2.17. The van der Waals surface area contributed by atoms with E-state index >= 15 is 0 Å². The minimum atomic E-state index is -0.133. The summed E-state index contributed by atoms with van der Waals surface area (Å²) in [6.45, 7) is 2.28. The Morgan fingerprint density at radius 1 is 1.24 bits per heavy atom. The predicted molar refractivity (Wildman–Crippen MR) is 87.4 cm³/mol. The molecule has 21 heavy (non-hydrogen) atoms. The number of hydrogen-bond acceptors (Lipinski definition) is 2. The van der Waals surface area contributed by atoms with Gasteiger partial charge >= 0.3 is 0 Å². The number of halogens is 1. The van der Waals surface area contributed by atoms with Crippen LogP contribution < -0.4 is 10.1 Å². The predicted octanol–water partition coefficient (Wildman–Crippen LogP) is 4.17. The van der Waals surface area contributed by atoms with Gasteiger partial charge in [0.05, 0.1) is 5.57 Å². The SMILES string of the molecule is Cc1cccc(NC(=O)C2=Cc3cc(Br)ccc3OC2)c1. The number of nitrogens with one attached hydrogen (secondary N) is 1. The van der Waals surface area contributed by atoms with Gasteiger partial charge in [0.25, 0.3) is 5.91 Å². The molecule has 2 aromatic rings. The lowest BCUT2D eigenvalue weighted by Gasteiger charge is -2.18. The Labute approximate surface area is 131 Å².